The SMILES string of the molecule is CN(C)CC(C)(C)CN1Cc2ccc(F)cc2C1=N. The highest BCUT2D eigenvalue weighted by Crippen LogP contribution is 2.27. The molecule has 0 saturated carbocycles. The van der Waals surface area contributed by atoms with Gasteiger partial charge in [0, 0.05) is 25.2 Å². The molecule has 0 aliphatic carbocycles. The van der Waals surface area contributed by atoms with Crippen molar-refractivity contribution in [3.63, 3.8) is 0 Å². The zero-order valence-corrected chi connectivity index (χ0v) is 12.1. The third kappa shape index (κ3) is 3.13. The van der Waals surface area contributed by atoms with Crippen molar-refractivity contribution in [1.82, 2.24) is 9.80 Å². The Balaban J connectivity index is 2.12. The lowest BCUT2D eigenvalue weighted by atomic mass is 9.92. The molecule has 0 amide bonds. The fourth-order valence-corrected chi connectivity index (χ4v) is 2.92. The van der Waals surface area contributed by atoms with Crippen molar-refractivity contribution in [2.24, 2.45) is 5.41 Å². The first-order chi connectivity index (χ1) is 8.78. The third-order valence-electron chi connectivity index (χ3n) is 3.37. The van der Waals surface area contributed by atoms with Crippen LogP contribution in [0.2, 0.25) is 0 Å². The van der Waals surface area contributed by atoms with E-state index in [1.807, 2.05) is 4.90 Å². The molecule has 4 heteroatoms. The average Bonchev–Trinajstić information content (AvgIpc) is 2.54. The average molecular weight is 263 g/mol. The maximum absolute atomic E-state index is 13.3. The van der Waals surface area contributed by atoms with Crippen molar-refractivity contribution in [3.05, 3.63) is 35.1 Å². The van der Waals surface area contributed by atoms with Crippen LogP contribution in [-0.4, -0.2) is 42.8 Å². The normalized spacial score (nSPS) is 15.3. The van der Waals surface area contributed by atoms with Gasteiger partial charge in [0.1, 0.15) is 11.7 Å². The number of hydrogen-bond acceptors (Lipinski definition) is 2. The molecule has 1 N–H and O–H groups in total. The van der Waals surface area contributed by atoms with Gasteiger partial charge < -0.3 is 9.80 Å². The minimum Gasteiger partial charge on any atom is -0.352 e. The van der Waals surface area contributed by atoms with E-state index in [1.54, 1.807) is 6.07 Å². The molecule has 0 saturated heterocycles. The molecule has 0 fully saturated rings. The first kappa shape index (κ1) is 14.0. The van der Waals surface area contributed by atoms with Crippen LogP contribution < -0.4 is 0 Å². The van der Waals surface area contributed by atoms with Crippen LogP contribution in [0.4, 0.5) is 4.39 Å². The Morgan fingerprint density at radius 3 is 2.68 bits per heavy atom. The van der Waals surface area contributed by atoms with E-state index in [4.69, 9.17) is 5.41 Å². The minimum absolute atomic E-state index is 0.0936. The zero-order chi connectivity index (χ0) is 14.2. The standard InChI is InChI=1S/C15H22FN3/c1-15(2,9-18(3)4)10-19-8-11-5-6-12(16)7-13(11)14(19)17/h5-7,17H,8-10H2,1-4H3. The summed E-state index contributed by atoms with van der Waals surface area (Å²) in [7, 11) is 4.11. The van der Waals surface area contributed by atoms with Gasteiger partial charge in [-0.25, -0.2) is 4.39 Å². The van der Waals surface area contributed by atoms with Crippen LogP contribution in [0.15, 0.2) is 18.2 Å². The monoisotopic (exact) mass is 263 g/mol. The number of amidine groups is 1. The van der Waals surface area contributed by atoms with Crippen LogP contribution in [0, 0.1) is 16.6 Å². The second-order valence-corrected chi connectivity index (χ2v) is 6.41. The fraction of sp³-hybridized carbons (Fsp3) is 0.533. The molecule has 1 aromatic rings. The molecule has 19 heavy (non-hydrogen) atoms. The van der Waals surface area contributed by atoms with Crippen LogP contribution in [-0.2, 0) is 6.54 Å². The Morgan fingerprint density at radius 2 is 2.05 bits per heavy atom. The summed E-state index contributed by atoms with van der Waals surface area (Å²) < 4.78 is 13.3. The highest BCUT2D eigenvalue weighted by molar-refractivity contribution is 6.00. The van der Waals surface area contributed by atoms with E-state index >= 15 is 0 Å². The van der Waals surface area contributed by atoms with E-state index in [1.165, 1.54) is 12.1 Å². The van der Waals surface area contributed by atoms with Gasteiger partial charge in [-0.1, -0.05) is 19.9 Å². The lowest BCUT2D eigenvalue weighted by molar-refractivity contribution is 0.189. The molecular formula is C15H22FN3. The van der Waals surface area contributed by atoms with E-state index < -0.39 is 0 Å². The molecule has 2 rings (SSSR count). The summed E-state index contributed by atoms with van der Waals surface area (Å²) in [4.78, 5) is 4.19. The topological polar surface area (TPSA) is 30.3 Å². The van der Waals surface area contributed by atoms with Gasteiger partial charge in [-0.15, -0.1) is 0 Å². The Bertz CT molecular complexity index is 494. The highest BCUT2D eigenvalue weighted by atomic mass is 19.1. The third-order valence-corrected chi connectivity index (χ3v) is 3.37. The number of nitrogens with one attached hydrogen (secondary N) is 1. The molecule has 1 aliphatic rings. The van der Waals surface area contributed by atoms with Crippen LogP contribution in [0.25, 0.3) is 0 Å². The van der Waals surface area contributed by atoms with Crippen molar-refractivity contribution in [2.75, 3.05) is 27.2 Å². The molecule has 0 spiro atoms. The van der Waals surface area contributed by atoms with Crippen LogP contribution in [0.5, 0.6) is 0 Å². The molecule has 1 aromatic carbocycles. The predicted octanol–water partition coefficient (Wildman–Crippen LogP) is 2.55. The number of rotatable bonds is 4. The Hall–Kier alpha value is -1.42. The summed E-state index contributed by atoms with van der Waals surface area (Å²) in [5, 5.41) is 8.19. The van der Waals surface area contributed by atoms with Crippen LogP contribution in [0.1, 0.15) is 25.0 Å². The number of halogens is 1. The molecular weight excluding hydrogens is 241 g/mol. The van der Waals surface area contributed by atoms with Crippen molar-refractivity contribution in [1.29, 1.82) is 5.41 Å². The van der Waals surface area contributed by atoms with Crippen LogP contribution in [0.3, 0.4) is 0 Å². The summed E-state index contributed by atoms with van der Waals surface area (Å²) >= 11 is 0. The molecule has 0 bridgehead atoms. The van der Waals surface area contributed by atoms with Gasteiger partial charge in [-0.2, -0.15) is 0 Å². The fourth-order valence-electron chi connectivity index (χ4n) is 2.92. The van der Waals surface area contributed by atoms with Gasteiger partial charge >= 0.3 is 0 Å². The number of nitrogens with zero attached hydrogens (tertiary/aromatic N) is 2. The maximum atomic E-state index is 13.3. The lowest BCUT2D eigenvalue weighted by Gasteiger charge is -2.33. The summed E-state index contributed by atoms with van der Waals surface area (Å²) in [6, 6.07) is 4.73. The Morgan fingerprint density at radius 1 is 1.37 bits per heavy atom. The van der Waals surface area contributed by atoms with E-state index in [0.29, 0.717) is 12.4 Å². The molecule has 0 aromatic heterocycles. The second-order valence-electron chi connectivity index (χ2n) is 6.41. The molecule has 104 valence electrons. The molecule has 0 unspecified atom stereocenters. The number of benzene rings is 1. The summed E-state index contributed by atoms with van der Waals surface area (Å²) in [5.41, 5.74) is 1.88. The predicted molar refractivity (Wildman–Crippen MR) is 76.0 cm³/mol. The Labute approximate surface area is 114 Å². The van der Waals surface area contributed by atoms with Gasteiger partial charge in [-0.05, 0) is 37.2 Å². The van der Waals surface area contributed by atoms with Crippen molar-refractivity contribution >= 4 is 5.84 Å². The van der Waals surface area contributed by atoms with Gasteiger partial charge in [0.15, 0.2) is 0 Å². The van der Waals surface area contributed by atoms with Gasteiger partial charge in [0.25, 0.3) is 0 Å². The molecule has 0 atom stereocenters. The first-order valence-corrected chi connectivity index (χ1v) is 6.55. The highest BCUT2D eigenvalue weighted by Gasteiger charge is 2.30. The number of hydrogen-bond donors (Lipinski definition) is 1. The second kappa shape index (κ2) is 4.93. The van der Waals surface area contributed by atoms with Gasteiger partial charge in [0.05, 0.1) is 0 Å². The summed E-state index contributed by atoms with van der Waals surface area (Å²) in [6.07, 6.45) is 0. The van der Waals surface area contributed by atoms with E-state index in [-0.39, 0.29) is 11.2 Å². The van der Waals surface area contributed by atoms with Gasteiger partial charge in [-0.3, -0.25) is 5.41 Å². The van der Waals surface area contributed by atoms with Gasteiger partial charge in [0.2, 0.25) is 0 Å². The van der Waals surface area contributed by atoms with E-state index in [0.717, 1.165) is 24.2 Å². The first-order valence-electron chi connectivity index (χ1n) is 6.55. The largest absolute Gasteiger partial charge is 0.352 e. The molecule has 1 aliphatic heterocycles. The van der Waals surface area contributed by atoms with Crippen molar-refractivity contribution in [3.8, 4) is 0 Å². The van der Waals surface area contributed by atoms with Crippen LogP contribution >= 0.6 is 0 Å². The molecule has 1 heterocycles. The zero-order valence-electron chi connectivity index (χ0n) is 12.1. The molecule has 0 radical (unpaired) electrons. The summed E-state index contributed by atoms with van der Waals surface area (Å²) in [6.45, 7) is 6.88. The molecule has 3 nitrogen and oxygen atoms in total. The smallest absolute Gasteiger partial charge is 0.128 e. The maximum Gasteiger partial charge on any atom is 0.128 e. The quantitative estimate of drug-likeness (QED) is 0.905. The Kier molecular flexibility index (Phi) is 3.63. The van der Waals surface area contributed by atoms with Crippen molar-refractivity contribution in [2.45, 2.75) is 20.4 Å². The minimum atomic E-state index is -0.266. The summed E-state index contributed by atoms with van der Waals surface area (Å²) in [5.74, 6) is 0.180. The van der Waals surface area contributed by atoms with E-state index in [9.17, 15) is 4.39 Å². The number of fused-ring (bicyclic) bond motifs is 1. The van der Waals surface area contributed by atoms with Crippen molar-refractivity contribution < 1.29 is 4.39 Å². The lowest BCUT2D eigenvalue weighted by Crippen LogP contribution is -2.40. The van der Waals surface area contributed by atoms with E-state index in [2.05, 4.69) is 32.8 Å².